The number of aromatic nitrogens is 1. The fraction of sp³-hybridized carbons (Fsp3) is 0.306. The van der Waals surface area contributed by atoms with Crippen LogP contribution in [0.2, 0.25) is 5.02 Å². The molecule has 1 heterocycles. The van der Waals surface area contributed by atoms with E-state index in [1.165, 1.54) is 12.5 Å². The summed E-state index contributed by atoms with van der Waals surface area (Å²) < 4.78 is 0. The first kappa shape index (κ1) is 33.2. The minimum atomic E-state index is -1.97. The van der Waals surface area contributed by atoms with E-state index < -0.39 is 17.5 Å². The van der Waals surface area contributed by atoms with Crippen molar-refractivity contribution < 1.29 is 24.9 Å². The summed E-state index contributed by atoms with van der Waals surface area (Å²) >= 11 is 8.02. The van der Waals surface area contributed by atoms with Gasteiger partial charge in [0.05, 0.1) is 11.2 Å². The lowest BCUT2D eigenvalue weighted by Gasteiger charge is -2.23. The number of carbonyl (C=O) groups is 2. The smallest absolute Gasteiger partial charge is 0.340 e. The Balaban J connectivity index is 1.51. The summed E-state index contributed by atoms with van der Waals surface area (Å²) in [6.07, 6.45) is 9.16. The molecule has 4 aromatic rings. The number of nitrogens with zero attached hydrogens (tertiary/aromatic N) is 1. The maximum Gasteiger partial charge on any atom is 0.340 e. The summed E-state index contributed by atoms with van der Waals surface area (Å²) in [6.45, 7) is 1.32. The van der Waals surface area contributed by atoms with E-state index in [0.717, 1.165) is 59.2 Å². The zero-order chi connectivity index (χ0) is 31.5. The van der Waals surface area contributed by atoms with Gasteiger partial charge in [-0.3, -0.25) is 4.79 Å². The molecule has 230 valence electrons. The molecule has 6 nitrogen and oxygen atoms in total. The number of aliphatic hydroxyl groups is 1. The molecule has 3 N–H and O–H groups in total. The van der Waals surface area contributed by atoms with Crippen molar-refractivity contribution in [3.8, 4) is 0 Å². The van der Waals surface area contributed by atoms with Gasteiger partial charge in [-0.05, 0) is 84.9 Å². The maximum atomic E-state index is 11.8. The quantitative estimate of drug-likeness (QED) is 0.106. The Labute approximate surface area is 267 Å². The number of benzene rings is 3. The molecule has 0 aliphatic heterocycles. The van der Waals surface area contributed by atoms with Gasteiger partial charge in [-0.25, -0.2) is 9.78 Å². The van der Waals surface area contributed by atoms with Crippen molar-refractivity contribution >= 4 is 58.4 Å². The fourth-order valence-electron chi connectivity index (χ4n) is 5.16. The van der Waals surface area contributed by atoms with Crippen molar-refractivity contribution in [2.24, 2.45) is 0 Å². The van der Waals surface area contributed by atoms with Gasteiger partial charge in [0.1, 0.15) is 0 Å². The minimum absolute atomic E-state index is 0.145. The summed E-state index contributed by atoms with van der Waals surface area (Å²) in [5.74, 6) is -1.10. The van der Waals surface area contributed by atoms with Crippen LogP contribution < -0.4 is 0 Å². The second kappa shape index (κ2) is 15.9. The van der Waals surface area contributed by atoms with Crippen LogP contribution >= 0.6 is 23.4 Å². The third kappa shape index (κ3) is 9.42. The van der Waals surface area contributed by atoms with E-state index >= 15 is 0 Å². The van der Waals surface area contributed by atoms with E-state index in [2.05, 4.69) is 18.2 Å². The SMILES string of the molecule is CC(O)(C(=O)O)c1ccccc1CC[C@@H](SCCCCCCC(=O)O)c1cccc(/C=C/c2ccc3ccc(Cl)cc3n2)c1. The molecule has 1 unspecified atom stereocenters. The zero-order valence-electron chi connectivity index (χ0n) is 24.8. The first-order chi connectivity index (χ1) is 21.1. The van der Waals surface area contributed by atoms with Gasteiger partial charge in [0, 0.05) is 22.1 Å². The van der Waals surface area contributed by atoms with E-state index in [4.69, 9.17) is 21.7 Å². The Bertz CT molecular complexity index is 1620. The number of hydrogen-bond acceptors (Lipinski definition) is 5. The molecular formula is C36H38ClNO5S. The lowest BCUT2D eigenvalue weighted by atomic mass is 9.89. The molecule has 0 amide bonds. The number of rotatable bonds is 16. The number of halogens is 1. The number of thioether (sulfide) groups is 1. The van der Waals surface area contributed by atoms with Crippen molar-refractivity contribution in [1.29, 1.82) is 0 Å². The van der Waals surface area contributed by atoms with Crippen LogP contribution in [-0.2, 0) is 21.6 Å². The van der Waals surface area contributed by atoms with Gasteiger partial charge in [-0.15, -0.1) is 0 Å². The minimum Gasteiger partial charge on any atom is -0.481 e. The molecule has 2 atom stereocenters. The van der Waals surface area contributed by atoms with E-state index in [1.807, 2.05) is 72.4 Å². The Morgan fingerprint density at radius 1 is 0.932 bits per heavy atom. The molecule has 8 heteroatoms. The second-order valence-electron chi connectivity index (χ2n) is 11.1. The highest BCUT2D eigenvalue weighted by Crippen LogP contribution is 2.36. The molecule has 0 saturated heterocycles. The van der Waals surface area contributed by atoms with Gasteiger partial charge in [0.15, 0.2) is 5.60 Å². The lowest BCUT2D eigenvalue weighted by Crippen LogP contribution is -2.33. The standard InChI is InChI=1S/C36H38ClNO5S/c1-36(43,35(41)42)31-12-6-5-10-26(31)17-21-33(44-22-7-3-2-4-13-34(39)40)28-11-8-9-25(23-28)14-19-30-20-16-27-15-18-29(37)24-32(27)38-30/h5-6,8-12,14-16,18-20,23-24,33,43H,2-4,7,13,17,21-22H2,1H3,(H,39,40)(H,41,42)/b19-14+/t33-,36?/m1/s1. The number of carboxylic acids is 2. The van der Waals surface area contributed by atoms with Gasteiger partial charge < -0.3 is 15.3 Å². The lowest BCUT2D eigenvalue weighted by molar-refractivity contribution is -0.157. The Kier molecular flexibility index (Phi) is 12.0. The topological polar surface area (TPSA) is 108 Å². The van der Waals surface area contributed by atoms with Crippen LogP contribution in [0.3, 0.4) is 0 Å². The average molecular weight is 632 g/mol. The summed E-state index contributed by atoms with van der Waals surface area (Å²) in [5.41, 5.74) is 3.15. The third-order valence-electron chi connectivity index (χ3n) is 7.64. The van der Waals surface area contributed by atoms with Gasteiger partial charge >= 0.3 is 11.9 Å². The molecule has 0 fully saturated rings. The number of aryl methyl sites for hydroxylation is 1. The molecule has 4 rings (SSSR count). The molecule has 0 aliphatic rings. The molecule has 44 heavy (non-hydrogen) atoms. The van der Waals surface area contributed by atoms with Crippen molar-refractivity contribution in [1.82, 2.24) is 4.98 Å². The molecular weight excluding hydrogens is 594 g/mol. The summed E-state index contributed by atoms with van der Waals surface area (Å²) in [7, 11) is 0. The molecule has 0 saturated carbocycles. The first-order valence-electron chi connectivity index (χ1n) is 14.9. The Hall–Kier alpha value is -3.65. The molecule has 3 aromatic carbocycles. The van der Waals surface area contributed by atoms with Gasteiger partial charge in [-0.2, -0.15) is 11.8 Å². The van der Waals surface area contributed by atoms with Gasteiger partial charge in [-0.1, -0.05) is 91.2 Å². The highest BCUT2D eigenvalue weighted by Gasteiger charge is 2.34. The van der Waals surface area contributed by atoms with Gasteiger partial charge in [0.2, 0.25) is 0 Å². The predicted molar refractivity (Wildman–Crippen MR) is 180 cm³/mol. The normalized spacial score (nSPS) is 13.6. The number of carboxylic acid groups (broad SMARTS) is 2. The molecule has 0 radical (unpaired) electrons. The van der Waals surface area contributed by atoms with Crippen LogP contribution in [0.15, 0.2) is 78.9 Å². The van der Waals surface area contributed by atoms with Crippen molar-refractivity contribution in [3.05, 3.63) is 112 Å². The largest absolute Gasteiger partial charge is 0.481 e. The maximum absolute atomic E-state index is 11.8. The van der Waals surface area contributed by atoms with Crippen LogP contribution in [0.25, 0.3) is 23.1 Å². The number of aliphatic carboxylic acids is 2. The first-order valence-corrected chi connectivity index (χ1v) is 16.3. The number of unbranched alkanes of at least 4 members (excludes halogenated alkanes) is 3. The van der Waals surface area contributed by atoms with E-state index in [-0.39, 0.29) is 11.7 Å². The highest BCUT2D eigenvalue weighted by atomic mass is 35.5. The summed E-state index contributed by atoms with van der Waals surface area (Å²) in [5, 5.41) is 31.0. The van der Waals surface area contributed by atoms with Crippen LogP contribution in [0.5, 0.6) is 0 Å². The van der Waals surface area contributed by atoms with Crippen LogP contribution in [0.1, 0.15) is 78.6 Å². The second-order valence-corrected chi connectivity index (χ2v) is 12.8. The van der Waals surface area contributed by atoms with E-state index in [9.17, 15) is 19.8 Å². The summed E-state index contributed by atoms with van der Waals surface area (Å²) in [4.78, 5) is 27.3. The Morgan fingerprint density at radius 3 is 2.50 bits per heavy atom. The van der Waals surface area contributed by atoms with Crippen LogP contribution in [-0.4, -0.2) is 38.0 Å². The predicted octanol–water partition coefficient (Wildman–Crippen LogP) is 8.79. The fourth-order valence-corrected chi connectivity index (χ4v) is 6.61. The van der Waals surface area contributed by atoms with Crippen LogP contribution in [0, 0.1) is 0 Å². The molecule has 0 aliphatic carbocycles. The monoisotopic (exact) mass is 631 g/mol. The van der Waals surface area contributed by atoms with E-state index in [1.54, 1.807) is 12.1 Å². The average Bonchev–Trinajstić information content (AvgIpc) is 3.00. The van der Waals surface area contributed by atoms with E-state index in [0.29, 0.717) is 23.4 Å². The van der Waals surface area contributed by atoms with Gasteiger partial charge in [0.25, 0.3) is 0 Å². The number of pyridine rings is 1. The highest BCUT2D eigenvalue weighted by molar-refractivity contribution is 7.99. The van der Waals surface area contributed by atoms with Crippen molar-refractivity contribution in [3.63, 3.8) is 0 Å². The summed E-state index contributed by atoms with van der Waals surface area (Å²) in [6, 6.07) is 25.3. The molecule has 0 bridgehead atoms. The number of fused-ring (bicyclic) bond motifs is 1. The van der Waals surface area contributed by atoms with Crippen molar-refractivity contribution in [2.75, 3.05) is 5.75 Å². The third-order valence-corrected chi connectivity index (χ3v) is 9.31. The number of hydrogen-bond donors (Lipinski definition) is 3. The zero-order valence-corrected chi connectivity index (χ0v) is 26.4. The van der Waals surface area contributed by atoms with Crippen molar-refractivity contribution in [2.45, 2.75) is 62.7 Å². The van der Waals surface area contributed by atoms with Crippen LogP contribution in [0.4, 0.5) is 0 Å². The molecule has 0 spiro atoms. The Morgan fingerprint density at radius 2 is 1.70 bits per heavy atom. The molecule has 1 aromatic heterocycles.